The van der Waals surface area contributed by atoms with Gasteiger partial charge in [-0.3, -0.25) is 0 Å². The molecule has 1 heterocycles. The predicted molar refractivity (Wildman–Crippen MR) is 55.8 cm³/mol. The molecule has 1 aliphatic carbocycles. The largest absolute Gasteiger partial charge is 0.332 e. The van der Waals surface area contributed by atoms with E-state index in [2.05, 4.69) is 21.5 Å². The van der Waals surface area contributed by atoms with Crippen LogP contribution in [0.15, 0.2) is 12.5 Å². The lowest BCUT2D eigenvalue weighted by Gasteiger charge is -2.16. The second-order valence-corrected chi connectivity index (χ2v) is 3.99. The predicted octanol–water partition coefficient (Wildman–Crippen LogP) is 0.436. The van der Waals surface area contributed by atoms with E-state index in [4.69, 9.17) is 5.73 Å². The molecule has 78 valence electrons. The van der Waals surface area contributed by atoms with Crippen molar-refractivity contribution in [3.8, 4) is 0 Å². The van der Waals surface area contributed by atoms with Gasteiger partial charge in [0.25, 0.3) is 0 Å². The first-order valence-electron chi connectivity index (χ1n) is 5.20. The first-order chi connectivity index (χ1) is 6.81. The minimum Gasteiger partial charge on any atom is -0.332 e. The van der Waals surface area contributed by atoms with E-state index in [9.17, 15) is 0 Å². The second-order valence-electron chi connectivity index (χ2n) is 3.99. The van der Waals surface area contributed by atoms with Crippen molar-refractivity contribution in [2.75, 3.05) is 13.6 Å². The zero-order chi connectivity index (χ0) is 9.97. The average molecular weight is 194 g/mol. The molecule has 0 spiro atoms. The number of hydrogen-bond donors (Lipinski definition) is 1. The highest BCUT2D eigenvalue weighted by Gasteiger charge is 2.25. The molecule has 0 unspecified atom stereocenters. The van der Waals surface area contributed by atoms with E-state index < -0.39 is 0 Å². The molecule has 14 heavy (non-hydrogen) atoms. The monoisotopic (exact) mass is 194 g/mol. The molecule has 1 fully saturated rings. The molecule has 1 saturated carbocycles. The molecule has 4 heteroatoms. The Morgan fingerprint density at radius 2 is 2.43 bits per heavy atom. The third-order valence-corrected chi connectivity index (χ3v) is 2.87. The van der Waals surface area contributed by atoms with Crippen LogP contribution in [0.2, 0.25) is 0 Å². The quantitative estimate of drug-likeness (QED) is 0.739. The maximum atomic E-state index is 5.60. The third kappa shape index (κ3) is 2.13. The highest BCUT2D eigenvalue weighted by molar-refractivity contribution is 4.97. The SMILES string of the molecule is CN(CCn1cncc1CN)C1CC1. The van der Waals surface area contributed by atoms with E-state index in [1.807, 2.05) is 12.5 Å². The number of nitrogens with zero attached hydrogens (tertiary/aromatic N) is 3. The summed E-state index contributed by atoms with van der Waals surface area (Å²) in [4.78, 5) is 6.51. The molecule has 0 radical (unpaired) electrons. The van der Waals surface area contributed by atoms with Crippen LogP contribution in [0.4, 0.5) is 0 Å². The van der Waals surface area contributed by atoms with Crippen molar-refractivity contribution in [3.63, 3.8) is 0 Å². The third-order valence-electron chi connectivity index (χ3n) is 2.87. The normalized spacial score (nSPS) is 16.5. The van der Waals surface area contributed by atoms with Crippen molar-refractivity contribution in [2.24, 2.45) is 5.73 Å². The summed E-state index contributed by atoms with van der Waals surface area (Å²) in [6.45, 7) is 2.67. The summed E-state index contributed by atoms with van der Waals surface area (Å²) >= 11 is 0. The van der Waals surface area contributed by atoms with E-state index >= 15 is 0 Å². The van der Waals surface area contributed by atoms with Gasteiger partial charge >= 0.3 is 0 Å². The molecule has 0 saturated heterocycles. The molecule has 1 aliphatic rings. The zero-order valence-electron chi connectivity index (χ0n) is 8.69. The van der Waals surface area contributed by atoms with Gasteiger partial charge in [0, 0.05) is 31.9 Å². The van der Waals surface area contributed by atoms with Gasteiger partial charge in [-0.05, 0) is 19.9 Å². The van der Waals surface area contributed by atoms with E-state index in [0.717, 1.165) is 24.8 Å². The Morgan fingerprint density at radius 1 is 1.64 bits per heavy atom. The standard InChI is InChI=1S/C10H18N4/c1-13(9-2-3-9)4-5-14-8-12-7-10(14)6-11/h7-9H,2-6,11H2,1H3. The van der Waals surface area contributed by atoms with Crippen LogP contribution in [0.1, 0.15) is 18.5 Å². The maximum absolute atomic E-state index is 5.60. The Labute approximate surface area is 84.7 Å². The molecule has 1 aromatic rings. The van der Waals surface area contributed by atoms with Gasteiger partial charge in [-0.1, -0.05) is 0 Å². The molecule has 0 bridgehead atoms. The topological polar surface area (TPSA) is 47.1 Å². The van der Waals surface area contributed by atoms with Gasteiger partial charge in [0.2, 0.25) is 0 Å². The number of aromatic nitrogens is 2. The van der Waals surface area contributed by atoms with Crippen molar-refractivity contribution < 1.29 is 0 Å². The first-order valence-corrected chi connectivity index (χ1v) is 5.20. The summed E-state index contributed by atoms with van der Waals surface area (Å²) in [5, 5.41) is 0. The molecule has 4 nitrogen and oxygen atoms in total. The van der Waals surface area contributed by atoms with E-state index in [0.29, 0.717) is 6.54 Å². The van der Waals surface area contributed by atoms with Gasteiger partial charge in [-0.2, -0.15) is 0 Å². The Kier molecular flexibility index (Phi) is 2.84. The van der Waals surface area contributed by atoms with Crippen LogP contribution in [0, 0.1) is 0 Å². The summed E-state index contributed by atoms with van der Waals surface area (Å²) in [6.07, 6.45) is 6.44. The van der Waals surface area contributed by atoms with Gasteiger partial charge in [-0.15, -0.1) is 0 Å². The fourth-order valence-electron chi connectivity index (χ4n) is 1.68. The van der Waals surface area contributed by atoms with Crippen LogP contribution >= 0.6 is 0 Å². The van der Waals surface area contributed by atoms with Crippen molar-refractivity contribution in [3.05, 3.63) is 18.2 Å². The van der Waals surface area contributed by atoms with Gasteiger partial charge in [-0.25, -0.2) is 4.98 Å². The van der Waals surface area contributed by atoms with E-state index in [1.54, 1.807) is 0 Å². The molecular formula is C10H18N4. The Balaban J connectivity index is 1.84. The fourth-order valence-corrected chi connectivity index (χ4v) is 1.68. The summed E-state index contributed by atoms with van der Waals surface area (Å²) in [7, 11) is 2.19. The summed E-state index contributed by atoms with van der Waals surface area (Å²) < 4.78 is 2.14. The van der Waals surface area contributed by atoms with Gasteiger partial charge in [0.1, 0.15) is 0 Å². The van der Waals surface area contributed by atoms with Crippen LogP contribution in [-0.2, 0) is 13.1 Å². The lowest BCUT2D eigenvalue weighted by molar-refractivity contribution is 0.307. The number of rotatable bonds is 5. The number of imidazole rings is 1. The van der Waals surface area contributed by atoms with Crippen molar-refractivity contribution in [1.82, 2.24) is 14.5 Å². The molecule has 0 aliphatic heterocycles. The van der Waals surface area contributed by atoms with Gasteiger partial charge < -0.3 is 15.2 Å². The summed E-state index contributed by atoms with van der Waals surface area (Å²) in [6, 6.07) is 0.833. The summed E-state index contributed by atoms with van der Waals surface area (Å²) in [5.74, 6) is 0. The average Bonchev–Trinajstić information content (AvgIpc) is 2.94. The Bertz CT molecular complexity index is 290. The molecule has 0 atom stereocenters. The zero-order valence-corrected chi connectivity index (χ0v) is 8.69. The molecular weight excluding hydrogens is 176 g/mol. The van der Waals surface area contributed by atoms with Gasteiger partial charge in [0.15, 0.2) is 0 Å². The highest BCUT2D eigenvalue weighted by Crippen LogP contribution is 2.24. The molecule has 0 amide bonds. The van der Waals surface area contributed by atoms with Crippen molar-refractivity contribution in [1.29, 1.82) is 0 Å². The van der Waals surface area contributed by atoms with Crippen LogP contribution in [0.5, 0.6) is 0 Å². The van der Waals surface area contributed by atoms with E-state index in [1.165, 1.54) is 12.8 Å². The second kappa shape index (κ2) is 4.11. The molecule has 2 N–H and O–H groups in total. The van der Waals surface area contributed by atoms with Crippen LogP contribution in [0.25, 0.3) is 0 Å². The Morgan fingerprint density at radius 3 is 3.07 bits per heavy atom. The van der Waals surface area contributed by atoms with Crippen molar-refractivity contribution in [2.45, 2.75) is 32.0 Å². The number of hydrogen-bond acceptors (Lipinski definition) is 3. The van der Waals surface area contributed by atoms with Crippen LogP contribution in [-0.4, -0.2) is 34.1 Å². The first kappa shape index (κ1) is 9.68. The summed E-state index contributed by atoms with van der Waals surface area (Å²) in [5.41, 5.74) is 6.72. The molecule has 2 rings (SSSR count). The van der Waals surface area contributed by atoms with Crippen molar-refractivity contribution >= 4 is 0 Å². The smallest absolute Gasteiger partial charge is 0.0949 e. The fraction of sp³-hybridized carbons (Fsp3) is 0.700. The number of likely N-dealkylation sites (N-methyl/N-ethyl adjacent to an activating group) is 1. The minimum absolute atomic E-state index is 0.577. The van der Waals surface area contributed by atoms with E-state index in [-0.39, 0.29) is 0 Å². The van der Waals surface area contributed by atoms with Crippen LogP contribution < -0.4 is 5.73 Å². The lowest BCUT2D eigenvalue weighted by Crippen LogP contribution is -2.25. The molecule has 0 aromatic carbocycles. The van der Waals surface area contributed by atoms with Crippen LogP contribution in [0.3, 0.4) is 0 Å². The highest BCUT2D eigenvalue weighted by atomic mass is 15.2. The maximum Gasteiger partial charge on any atom is 0.0949 e. The number of nitrogens with two attached hydrogens (primary N) is 1. The molecule has 1 aromatic heterocycles. The Hall–Kier alpha value is -0.870. The minimum atomic E-state index is 0.577. The lowest BCUT2D eigenvalue weighted by atomic mass is 10.4. The van der Waals surface area contributed by atoms with Gasteiger partial charge in [0.05, 0.1) is 12.0 Å².